The molecule has 2 aromatic rings. The second kappa shape index (κ2) is 6.08. The monoisotopic (exact) mass is 391 g/mol. The van der Waals surface area contributed by atoms with E-state index in [0.717, 1.165) is 10.0 Å². The van der Waals surface area contributed by atoms with Crippen molar-refractivity contribution >= 4 is 37.6 Å². The number of hydrogen-bond acceptors (Lipinski definition) is 3. The average molecular weight is 393 g/mol. The first kappa shape index (κ1) is 16.5. The fourth-order valence-electron chi connectivity index (χ4n) is 1.96. The van der Waals surface area contributed by atoms with Crippen LogP contribution in [-0.2, 0) is 16.6 Å². The van der Waals surface area contributed by atoms with Crippen LogP contribution < -0.4 is 5.14 Å². The summed E-state index contributed by atoms with van der Waals surface area (Å²) in [6.45, 7) is 4.31. The van der Waals surface area contributed by atoms with Crippen LogP contribution in [0.2, 0.25) is 5.02 Å². The number of nitrogens with zero attached hydrogens (tertiary/aromatic N) is 2. The Morgan fingerprint density at radius 2 is 2.10 bits per heavy atom. The summed E-state index contributed by atoms with van der Waals surface area (Å²) in [5.41, 5.74) is 0.875. The lowest BCUT2D eigenvalue weighted by Crippen LogP contribution is -2.12. The summed E-state index contributed by atoms with van der Waals surface area (Å²) in [5, 5.41) is 5.62. The Labute approximate surface area is 137 Å². The van der Waals surface area contributed by atoms with Crippen molar-refractivity contribution in [2.24, 2.45) is 5.14 Å². The third-order valence-electron chi connectivity index (χ3n) is 2.95. The van der Waals surface area contributed by atoms with Crippen molar-refractivity contribution in [2.75, 3.05) is 0 Å². The van der Waals surface area contributed by atoms with Crippen LogP contribution in [0.25, 0.3) is 0 Å². The highest BCUT2D eigenvalue weighted by Crippen LogP contribution is 2.24. The molecule has 0 amide bonds. The number of sulfonamides is 1. The highest BCUT2D eigenvalue weighted by atomic mass is 79.9. The molecule has 21 heavy (non-hydrogen) atoms. The zero-order chi connectivity index (χ0) is 15.8. The van der Waals surface area contributed by atoms with Gasteiger partial charge >= 0.3 is 0 Å². The molecular weight excluding hydrogens is 378 g/mol. The van der Waals surface area contributed by atoms with Crippen molar-refractivity contribution in [3.05, 3.63) is 45.3 Å². The summed E-state index contributed by atoms with van der Waals surface area (Å²) in [7, 11) is -3.82. The van der Waals surface area contributed by atoms with E-state index < -0.39 is 10.0 Å². The maximum atomic E-state index is 11.5. The van der Waals surface area contributed by atoms with Crippen molar-refractivity contribution in [1.82, 2.24) is 9.55 Å². The van der Waals surface area contributed by atoms with Crippen LogP contribution in [0.4, 0.5) is 0 Å². The molecule has 2 rings (SSSR count). The van der Waals surface area contributed by atoms with Crippen molar-refractivity contribution in [3.8, 4) is 0 Å². The molecule has 2 N–H and O–H groups in total. The van der Waals surface area contributed by atoms with Gasteiger partial charge in [0.25, 0.3) is 10.0 Å². The first-order valence-electron chi connectivity index (χ1n) is 6.22. The molecule has 0 saturated carbocycles. The fourth-order valence-corrected chi connectivity index (χ4v) is 3.19. The number of halogens is 2. The molecule has 0 spiro atoms. The predicted octanol–water partition coefficient (Wildman–Crippen LogP) is 3.12. The van der Waals surface area contributed by atoms with E-state index in [1.807, 2.05) is 26.0 Å². The van der Waals surface area contributed by atoms with Crippen LogP contribution in [0.15, 0.2) is 33.9 Å². The van der Waals surface area contributed by atoms with E-state index in [1.54, 1.807) is 10.6 Å². The van der Waals surface area contributed by atoms with Crippen molar-refractivity contribution in [2.45, 2.75) is 31.3 Å². The summed E-state index contributed by atoms with van der Waals surface area (Å²) in [5.74, 6) is 0.715. The third kappa shape index (κ3) is 3.85. The Morgan fingerprint density at radius 1 is 1.43 bits per heavy atom. The van der Waals surface area contributed by atoms with E-state index in [4.69, 9.17) is 16.7 Å². The van der Waals surface area contributed by atoms with Crippen LogP contribution in [0.5, 0.6) is 0 Å². The normalized spacial score (nSPS) is 12.1. The highest BCUT2D eigenvalue weighted by molar-refractivity contribution is 9.10. The van der Waals surface area contributed by atoms with Gasteiger partial charge in [-0.1, -0.05) is 47.4 Å². The van der Waals surface area contributed by atoms with E-state index in [2.05, 4.69) is 20.9 Å². The summed E-state index contributed by atoms with van der Waals surface area (Å²) >= 11 is 9.55. The number of imidazole rings is 1. The summed E-state index contributed by atoms with van der Waals surface area (Å²) < 4.78 is 25.6. The molecule has 0 saturated heterocycles. The number of nitrogens with two attached hydrogens (primary N) is 1. The molecule has 1 aromatic carbocycles. The topological polar surface area (TPSA) is 78.0 Å². The Balaban J connectivity index is 2.45. The maximum absolute atomic E-state index is 11.5. The Kier molecular flexibility index (Phi) is 4.77. The molecule has 5 nitrogen and oxygen atoms in total. The van der Waals surface area contributed by atoms with E-state index in [1.165, 1.54) is 6.20 Å². The quantitative estimate of drug-likeness (QED) is 0.868. The van der Waals surface area contributed by atoms with Crippen LogP contribution in [0.3, 0.4) is 0 Å². The van der Waals surface area contributed by atoms with Crippen molar-refractivity contribution < 1.29 is 8.42 Å². The van der Waals surface area contributed by atoms with Gasteiger partial charge in [-0.3, -0.25) is 0 Å². The Hall–Kier alpha value is -0.890. The fraction of sp³-hybridized carbons (Fsp3) is 0.308. The lowest BCUT2D eigenvalue weighted by atomic mass is 10.2. The van der Waals surface area contributed by atoms with Gasteiger partial charge in [0.1, 0.15) is 5.82 Å². The minimum atomic E-state index is -3.82. The Morgan fingerprint density at radius 3 is 2.62 bits per heavy atom. The minimum absolute atomic E-state index is 0.0646. The number of aromatic nitrogens is 2. The van der Waals surface area contributed by atoms with Gasteiger partial charge in [-0.05, 0) is 17.7 Å². The molecule has 114 valence electrons. The number of benzene rings is 1. The molecule has 0 aliphatic rings. The molecule has 0 atom stereocenters. The van der Waals surface area contributed by atoms with Gasteiger partial charge < -0.3 is 4.57 Å². The van der Waals surface area contributed by atoms with E-state index in [9.17, 15) is 8.42 Å². The van der Waals surface area contributed by atoms with Gasteiger partial charge in [0.2, 0.25) is 0 Å². The van der Waals surface area contributed by atoms with Gasteiger partial charge in [-0.2, -0.15) is 0 Å². The summed E-state index contributed by atoms with van der Waals surface area (Å²) in [6, 6.07) is 5.56. The molecule has 0 fully saturated rings. The molecule has 1 aromatic heterocycles. The van der Waals surface area contributed by atoms with Crippen molar-refractivity contribution in [1.29, 1.82) is 0 Å². The standard InChI is InChI=1S/C13H15BrClN3O2S/c1-8(2)13-17-12(21(16,19)20)7-18(13)6-9-3-4-10(14)5-11(9)15/h3-5,7-8H,6H2,1-2H3,(H2,16,19,20). The summed E-state index contributed by atoms with van der Waals surface area (Å²) in [6.07, 6.45) is 1.45. The molecule has 0 aliphatic heterocycles. The molecule has 8 heteroatoms. The molecule has 0 aliphatic carbocycles. The molecular formula is C13H15BrClN3O2S. The average Bonchev–Trinajstić information content (AvgIpc) is 2.76. The van der Waals surface area contributed by atoms with Crippen LogP contribution in [0, 0.1) is 0 Å². The third-order valence-corrected chi connectivity index (χ3v) is 4.57. The lowest BCUT2D eigenvalue weighted by molar-refractivity contribution is 0.594. The van der Waals surface area contributed by atoms with Crippen LogP contribution >= 0.6 is 27.5 Å². The second-order valence-corrected chi connectivity index (χ2v) is 7.83. The largest absolute Gasteiger partial charge is 0.329 e. The zero-order valence-electron chi connectivity index (χ0n) is 11.5. The van der Waals surface area contributed by atoms with E-state index in [0.29, 0.717) is 17.4 Å². The van der Waals surface area contributed by atoms with Gasteiger partial charge in [-0.25, -0.2) is 18.5 Å². The van der Waals surface area contributed by atoms with Crippen LogP contribution in [-0.4, -0.2) is 18.0 Å². The molecule has 0 radical (unpaired) electrons. The van der Waals surface area contributed by atoms with Gasteiger partial charge in [0.05, 0.1) is 6.54 Å². The van der Waals surface area contributed by atoms with E-state index >= 15 is 0 Å². The molecule has 0 unspecified atom stereocenters. The van der Waals surface area contributed by atoms with Crippen molar-refractivity contribution in [3.63, 3.8) is 0 Å². The van der Waals surface area contributed by atoms with Gasteiger partial charge in [0, 0.05) is 21.6 Å². The maximum Gasteiger partial charge on any atom is 0.257 e. The van der Waals surface area contributed by atoms with E-state index in [-0.39, 0.29) is 10.9 Å². The van der Waals surface area contributed by atoms with Gasteiger partial charge in [-0.15, -0.1) is 0 Å². The zero-order valence-corrected chi connectivity index (χ0v) is 14.7. The molecule has 0 bridgehead atoms. The second-order valence-electron chi connectivity index (χ2n) is 5.00. The lowest BCUT2D eigenvalue weighted by Gasteiger charge is -2.11. The van der Waals surface area contributed by atoms with Crippen LogP contribution in [0.1, 0.15) is 31.2 Å². The Bertz CT molecular complexity index is 772. The SMILES string of the molecule is CC(C)c1nc(S(N)(=O)=O)cn1Cc1ccc(Br)cc1Cl. The number of primary sulfonamides is 1. The molecule has 1 heterocycles. The predicted molar refractivity (Wildman–Crippen MR) is 85.9 cm³/mol. The first-order valence-corrected chi connectivity index (χ1v) is 8.94. The number of hydrogen-bond donors (Lipinski definition) is 1. The smallest absolute Gasteiger partial charge is 0.257 e. The summed E-state index contributed by atoms with van der Waals surface area (Å²) in [4.78, 5) is 4.12. The highest BCUT2D eigenvalue weighted by Gasteiger charge is 2.18. The first-order chi connectivity index (χ1) is 9.68. The number of rotatable bonds is 4. The minimum Gasteiger partial charge on any atom is -0.329 e. The van der Waals surface area contributed by atoms with Gasteiger partial charge in [0.15, 0.2) is 5.03 Å².